The number of phenols is 1. The number of nitrogens with one attached hydrogen (secondary N) is 1. The number of hydrogen-bond donors (Lipinski definition) is 2. The first kappa shape index (κ1) is 16.0. The smallest absolute Gasteiger partial charge is 0.225 e. The Labute approximate surface area is 144 Å². The first-order valence-corrected chi connectivity index (χ1v) is 8.57. The molecule has 6 heteroatoms. The Bertz CT molecular complexity index is 837. The largest absolute Gasteiger partial charge is 0.508 e. The molecule has 0 spiro atoms. The fourth-order valence-corrected chi connectivity index (χ4v) is 3.78. The quantitative estimate of drug-likeness (QED) is 0.657. The maximum atomic E-state index is 9.36. The summed E-state index contributed by atoms with van der Waals surface area (Å²) in [6.07, 6.45) is 0. The summed E-state index contributed by atoms with van der Waals surface area (Å²) < 4.78 is 0. The number of aromatic nitrogens is 2. The van der Waals surface area contributed by atoms with Crippen molar-refractivity contribution >= 4 is 39.0 Å². The Kier molecular flexibility index (Phi) is 4.17. The van der Waals surface area contributed by atoms with Crippen molar-refractivity contribution in [3.63, 3.8) is 0 Å². The lowest BCUT2D eigenvalue weighted by molar-refractivity contribution is 0.475. The summed E-state index contributed by atoms with van der Waals surface area (Å²) in [5.41, 5.74) is 2.27. The second-order valence-corrected chi connectivity index (χ2v) is 7.64. The van der Waals surface area contributed by atoms with E-state index in [4.69, 9.17) is 11.6 Å². The van der Waals surface area contributed by atoms with Gasteiger partial charge < -0.3 is 10.4 Å². The molecule has 0 radical (unpaired) electrons. The molecule has 0 bridgehead atoms. The van der Waals surface area contributed by atoms with Crippen molar-refractivity contribution in [1.82, 2.24) is 9.97 Å². The highest BCUT2D eigenvalue weighted by Gasteiger charge is 2.22. The molecule has 0 aliphatic carbocycles. The molecule has 2 N–H and O–H groups in total. The Morgan fingerprint density at radius 2 is 1.87 bits per heavy atom. The molecule has 0 saturated carbocycles. The number of aromatic hydroxyl groups is 1. The van der Waals surface area contributed by atoms with Crippen LogP contribution in [-0.4, -0.2) is 15.1 Å². The van der Waals surface area contributed by atoms with Crippen LogP contribution >= 0.6 is 22.9 Å². The van der Waals surface area contributed by atoms with Gasteiger partial charge in [-0.1, -0.05) is 32.9 Å². The van der Waals surface area contributed by atoms with Gasteiger partial charge in [0, 0.05) is 6.54 Å². The zero-order valence-electron chi connectivity index (χ0n) is 13.2. The Hall–Kier alpha value is -1.85. The van der Waals surface area contributed by atoms with E-state index in [1.807, 2.05) is 12.1 Å². The zero-order valence-corrected chi connectivity index (χ0v) is 14.8. The predicted octanol–water partition coefficient (Wildman–Crippen LogP) is 4.96. The van der Waals surface area contributed by atoms with Gasteiger partial charge in [0.2, 0.25) is 5.28 Å². The summed E-state index contributed by atoms with van der Waals surface area (Å²) in [4.78, 5) is 9.61. The third-order valence-corrected chi connectivity index (χ3v) is 4.65. The van der Waals surface area contributed by atoms with Crippen LogP contribution in [0.2, 0.25) is 5.28 Å². The average molecular weight is 348 g/mol. The van der Waals surface area contributed by atoms with Crippen molar-refractivity contribution in [2.45, 2.75) is 32.7 Å². The van der Waals surface area contributed by atoms with Crippen LogP contribution in [0.15, 0.2) is 29.6 Å². The van der Waals surface area contributed by atoms with Gasteiger partial charge in [-0.15, -0.1) is 11.3 Å². The van der Waals surface area contributed by atoms with E-state index in [0.717, 1.165) is 21.6 Å². The molecule has 0 saturated heterocycles. The predicted molar refractivity (Wildman–Crippen MR) is 96.6 cm³/mol. The van der Waals surface area contributed by atoms with E-state index in [1.54, 1.807) is 23.5 Å². The summed E-state index contributed by atoms with van der Waals surface area (Å²) in [5.74, 6) is 1.01. The molecule has 4 nitrogen and oxygen atoms in total. The number of halogens is 1. The van der Waals surface area contributed by atoms with Crippen molar-refractivity contribution in [3.05, 3.63) is 46.1 Å². The van der Waals surface area contributed by atoms with Gasteiger partial charge in [0.25, 0.3) is 0 Å². The van der Waals surface area contributed by atoms with E-state index in [2.05, 4.69) is 41.4 Å². The first-order chi connectivity index (χ1) is 10.8. The molecular formula is C17H18ClN3OS. The molecule has 0 unspecified atom stereocenters. The summed E-state index contributed by atoms with van der Waals surface area (Å²) >= 11 is 7.65. The fourth-order valence-electron chi connectivity index (χ4n) is 2.40. The highest BCUT2D eigenvalue weighted by Crippen LogP contribution is 2.37. The minimum absolute atomic E-state index is 0.00437. The summed E-state index contributed by atoms with van der Waals surface area (Å²) in [7, 11) is 0. The molecule has 2 heterocycles. The molecule has 120 valence electrons. The fraction of sp³-hybridized carbons (Fsp3) is 0.294. The van der Waals surface area contributed by atoms with Crippen molar-refractivity contribution in [2.75, 3.05) is 5.32 Å². The molecule has 2 aromatic heterocycles. The van der Waals surface area contributed by atoms with Crippen LogP contribution in [-0.2, 0) is 12.0 Å². The van der Waals surface area contributed by atoms with Gasteiger partial charge in [-0.05, 0) is 45.7 Å². The third-order valence-electron chi connectivity index (χ3n) is 3.61. The molecule has 23 heavy (non-hydrogen) atoms. The second kappa shape index (κ2) is 5.98. The van der Waals surface area contributed by atoms with E-state index in [1.165, 1.54) is 5.56 Å². The molecule has 0 fully saturated rings. The van der Waals surface area contributed by atoms with Gasteiger partial charge in [0.1, 0.15) is 16.4 Å². The SMILES string of the molecule is CC(C)(C)c1csc2nc(Cl)nc(NCc3ccc(O)cc3)c12. The first-order valence-electron chi connectivity index (χ1n) is 7.31. The van der Waals surface area contributed by atoms with Crippen molar-refractivity contribution in [1.29, 1.82) is 0 Å². The molecule has 0 aliphatic heterocycles. The van der Waals surface area contributed by atoms with Crippen LogP contribution in [0.3, 0.4) is 0 Å². The molecule has 0 atom stereocenters. The van der Waals surface area contributed by atoms with E-state index in [0.29, 0.717) is 6.54 Å². The number of hydrogen-bond acceptors (Lipinski definition) is 5. The number of thiophene rings is 1. The van der Waals surface area contributed by atoms with Crippen molar-refractivity contribution in [3.8, 4) is 5.75 Å². The number of rotatable bonds is 3. The monoisotopic (exact) mass is 347 g/mol. The minimum atomic E-state index is 0.00437. The standard InChI is InChI=1S/C17H18ClN3OS/c1-17(2,3)12-9-23-15-13(12)14(20-16(18)21-15)19-8-10-4-6-11(22)7-5-10/h4-7,9,22H,8H2,1-3H3,(H,19,20,21). The minimum Gasteiger partial charge on any atom is -0.508 e. The maximum Gasteiger partial charge on any atom is 0.225 e. The highest BCUT2D eigenvalue weighted by molar-refractivity contribution is 7.17. The van der Waals surface area contributed by atoms with Crippen LogP contribution in [0, 0.1) is 0 Å². The van der Waals surface area contributed by atoms with Crippen LogP contribution in [0.4, 0.5) is 5.82 Å². The van der Waals surface area contributed by atoms with Crippen LogP contribution < -0.4 is 5.32 Å². The lowest BCUT2D eigenvalue weighted by Crippen LogP contribution is -2.12. The van der Waals surface area contributed by atoms with E-state index >= 15 is 0 Å². The van der Waals surface area contributed by atoms with Gasteiger partial charge in [-0.25, -0.2) is 9.97 Å². The number of benzene rings is 1. The molecule has 3 rings (SSSR count). The van der Waals surface area contributed by atoms with Gasteiger partial charge in [0.15, 0.2) is 0 Å². The molecule has 3 aromatic rings. The van der Waals surface area contributed by atoms with E-state index in [9.17, 15) is 5.11 Å². The highest BCUT2D eigenvalue weighted by atomic mass is 35.5. The van der Waals surface area contributed by atoms with Gasteiger partial charge in [0.05, 0.1) is 5.39 Å². The number of nitrogens with zero attached hydrogens (tertiary/aromatic N) is 2. The summed E-state index contributed by atoms with van der Waals surface area (Å²) in [6, 6.07) is 7.09. The summed E-state index contributed by atoms with van der Waals surface area (Å²) in [5, 5.41) is 16.1. The van der Waals surface area contributed by atoms with Crippen molar-refractivity contribution in [2.24, 2.45) is 0 Å². The van der Waals surface area contributed by atoms with Crippen LogP contribution in [0.5, 0.6) is 5.75 Å². The van der Waals surface area contributed by atoms with E-state index < -0.39 is 0 Å². The van der Waals surface area contributed by atoms with Crippen molar-refractivity contribution < 1.29 is 5.11 Å². The van der Waals surface area contributed by atoms with Gasteiger partial charge in [-0.2, -0.15) is 0 Å². The zero-order chi connectivity index (χ0) is 16.6. The third kappa shape index (κ3) is 3.41. The summed E-state index contributed by atoms with van der Waals surface area (Å²) in [6.45, 7) is 7.12. The molecule has 1 aromatic carbocycles. The average Bonchev–Trinajstić information content (AvgIpc) is 2.90. The topological polar surface area (TPSA) is 58.0 Å². The molecular weight excluding hydrogens is 330 g/mol. The Balaban J connectivity index is 1.98. The molecule has 0 amide bonds. The second-order valence-electron chi connectivity index (χ2n) is 6.44. The molecule has 0 aliphatic rings. The lowest BCUT2D eigenvalue weighted by atomic mass is 9.87. The number of fused-ring (bicyclic) bond motifs is 1. The van der Waals surface area contributed by atoms with E-state index in [-0.39, 0.29) is 16.4 Å². The van der Waals surface area contributed by atoms with Crippen LogP contribution in [0.25, 0.3) is 10.2 Å². The maximum absolute atomic E-state index is 9.36. The van der Waals surface area contributed by atoms with Crippen LogP contribution in [0.1, 0.15) is 31.9 Å². The van der Waals surface area contributed by atoms with Gasteiger partial charge >= 0.3 is 0 Å². The van der Waals surface area contributed by atoms with Gasteiger partial charge in [-0.3, -0.25) is 0 Å². The number of phenolic OH excluding ortho intramolecular Hbond substituents is 1. The Morgan fingerprint density at radius 1 is 1.17 bits per heavy atom. The lowest BCUT2D eigenvalue weighted by Gasteiger charge is -2.19. The Morgan fingerprint density at radius 3 is 2.52 bits per heavy atom. The number of anilines is 1. The normalized spacial score (nSPS) is 11.8.